The topological polar surface area (TPSA) is 64.7 Å². The highest BCUT2D eigenvalue weighted by molar-refractivity contribution is 6.06. The molecule has 4 aliphatic carbocycles. The van der Waals surface area contributed by atoms with E-state index >= 15 is 0 Å². The molecule has 0 atom stereocenters. The number of fused-ring (bicyclic) bond motifs is 15. The molecule has 0 aliphatic heterocycles. The smallest absolute Gasteiger partial charge is 0.160 e. The van der Waals surface area contributed by atoms with Crippen molar-refractivity contribution < 1.29 is 4.42 Å². The van der Waals surface area contributed by atoms with Gasteiger partial charge in [-0.25, -0.2) is 19.9 Å². The van der Waals surface area contributed by atoms with Gasteiger partial charge in [-0.15, -0.1) is 0 Å². The molecule has 3 heterocycles. The minimum Gasteiger partial charge on any atom is -0.456 e. The normalized spacial score (nSPS) is 14.2. The van der Waals surface area contributed by atoms with Gasteiger partial charge in [0.2, 0.25) is 0 Å². The van der Waals surface area contributed by atoms with E-state index in [4.69, 9.17) is 24.4 Å². The molecular weight excluding hydrogens is 1470 g/mol. The van der Waals surface area contributed by atoms with Crippen LogP contribution in [0.3, 0.4) is 0 Å². The number of hydrogen-bond donors (Lipinski definition) is 0. The van der Waals surface area contributed by atoms with Gasteiger partial charge in [0.25, 0.3) is 0 Å². The van der Waals surface area contributed by atoms with Gasteiger partial charge in [0.15, 0.2) is 5.82 Å². The lowest BCUT2D eigenvalue weighted by atomic mass is 9.77. The number of para-hydroxylation sites is 1. The van der Waals surface area contributed by atoms with Gasteiger partial charge in [-0.3, -0.25) is 0 Å². The SMILES string of the molecule is CC1(C)c2ccccc2-c2cc3c(cc21)-c1ccc(-c2ccc(-c4ccc(-c5cc(-c6ccc7c(c6)oc6ccccc67)nc(-c6ccc(-c7cccc8c7C(C)(C)c7cc9c(cc7-8)C(C)(C)c7cc(-c8ccc(-c%10ccc(-c%11nc(-c%12ccccc%12)c(-c%12ccccc%12)nc%11-c%11ccccc%11)cc%10)cc8)ccc7-9)cc6)n5)cc4)cc2)cc1C3(C)C. The predicted molar refractivity (Wildman–Crippen MR) is 500 cm³/mol. The fourth-order valence-corrected chi connectivity index (χ4v) is 20.6. The summed E-state index contributed by atoms with van der Waals surface area (Å²) in [4.78, 5) is 21.8. The zero-order valence-electron chi connectivity index (χ0n) is 68.8. The fourth-order valence-electron chi connectivity index (χ4n) is 20.6. The third-order valence-electron chi connectivity index (χ3n) is 27.2. The molecule has 0 N–H and O–H groups in total. The average molecular weight is 1550 g/mol. The van der Waals surface area contributed by atoms with Crippen molar-refractivity contribution in [1.82, 2.24) is 19.9 Å². The Balaban J connectivity index is 0.516. The first-order chi connectivity index (χ1) is 58.9. The second kappa shape index (κ2) is 27.0. The van der Waals surface area contributed by atoms with Crippen LogP contribution >= 0.6 is 0 Å². The lowest BCUT2D eigenvalue weighted by Gasteiger charge is -2.26. The molecule has 0 bridgehead atoms. The Hall–Kier alpha value is -14.5. The Kier molecular flexibility index (Phi) is 16.0. The summed E-state index contributed by atoms with van der Waals surface area (Å²) < 4.78 is 6.48. The van der Waals surface area contributed by atoms with Crippen molar-refractivity contribution in [3.8, 4) is 179 Å². The van der Waals surface area contributed by atoms with E-state index in [-0.39, 0.29) is 21.7 Å². The molecule has 23 rings (SSSR count). The molecule has 121 heavy (non-hydrogen) atoms. The van der Waals surface area contributed by atoms with E-state index in [0.29, 0.717) is 5.82 Å². The first kappa shape index (κ1) is 71.8. The monoisotopic (exact) mass is 1550 g/mol. The lowest BCUT2D eigenvalue weighted by molar-refractivity contribution is 0.652. The Morgan fingerprint density at radius 2 is 0.512 bits per heavy atom. The third-order valence-corrected chi connectivity index (χ3v) is 27.2. The molecule has 574 valence electrons. The maximum atomic E-state index is 6.48. The highest BCUT2D eigenvalue weighted by Crippen LogP contribution is 2.60. The van der Waals surface area contributed by atoms with Crippen molar-refractivity contribution in [3.63, 3.8) is 0 Å². The summed E-state index contributed by atoms with van der Waals surface area (Å²) in [5.74, 6) is 0.655. The van der Waals surface area contributed by atoms with Gasteiger partial charge < -0.3 is 4.42 Å². The van der Waals surface area contributed by atoms with E-state index in [1.807, 2.05) is 30.3 Å². The van der Waals surface area contributed by atoms with Gasteiger partial charge in [0.1, 0.15) is 11.2 Å². The minimum atomic E-state index is -0.294. The van der Waals surface area contributed by atoms with E-state index in [1.54, 1.807) is 0 Å². The number of benzene rings is 16. The zero-order chi connectivity index (χ0) is 81.4. The van der Waals surface area contributed by atoms with E-state index in [1.165, 1.54) is 117 Å². The van der Waals surface area contributed by atoms with Crippen LogP contribution in [0.1, 0.15) is 99.9 Å². The Labute approximate surface area is 706 Å². The summed E-state index contributed by atoms with van der Waals surface area (Å²) in [7, 11) is 0. The first-order valence-electron chi connectivity index (χ1n) is 42.3. The first-order valence-corrected chi connectivity index (χ1v) is 42.3. The van der Waals surface area contributed by atoms with Crippen LogP contribution in [-0.4, -0.2) is 19.9 Å². The Bertz CT molecular complexity index is 7480. The van der Waals surface area contributed by atoms with Crippen molar-refractivity contribution in [1.29, 1.82) is 0 Å². The van der Waals surface area contributed by atoms with Gasteiger partial charge >= 0.3 is 0 Å². The van der Waals surface area contributed by atoms with Crippen molar-refractivity contribution in [2.45, 2.75) is 77.0 Å². The molecule has 0 spiro atoms. The quantitative estimate of drug-likeness (QED) is 0.122. The number of aromatic nitrogens is 4. The molecule has 0 saturated carbocycles. The summed E-state index contributed by atoms with van der Waals surface area (Å²) >= 11 is 0. The summed E-state index contributed by atoms with van der Waals surface area (Å²) in [6, 6.07) is 133. The van der Waals surface area contributed by atoms with Gasteiger partial charge in [-0.05, 0) is 205 Å². The minimum absolute atomic E-state index is 0.0493. The zero-order valence-corrected chi connectivity index (χ0v) is 68.8. The Morgan fingerprint density at radius 1 is 0.182 bits per heavy atom. The molecule has 0 fully saturated rings. The molecule has 5 heteroatoms. The van der Waals surface area contributed by atoms with Crippen molar-refractivity contribution in [2.75, 3.05) is 0 Å². The number of hydrogen-bond acceptors (Lipinski definition) is 5. The van der Waals surface area contributed by atoms with Crippen LogP contribution in [0.25, 0.3) is 201 Å². The van der Waals surface area contributed by atoms with Gasteiger partial charge in [-0.2, -0.15) is 0 Å². The standard InChI is InChI=1S/C116H84N4O/c1-113(2)96-33-20-18-29-86(96)92-64-100-93(65-99(92)113)87-58-55-82(61-97(87)114(100,3)4)73-39-35-69(36-40-73)71-43-49-76(50-44-71)103-68-104(84-57-60-90-89-30-19-21-34-105(89)121-106(90)63-84)118-112(117-103)81-53-47-75(48-54-81)85-31-22-32-91-95-67-101-94(66-102(95)116(7,8)107(85)91)88-59-56-83(62-98(88)115(101,5)6)74-41-37-70(38-42-74)72-45-51-80(52-46-72)111-110(79-27-16-11-17-28-79)119-108(77-23-12-9-13-24-77)109(120-111)78-25-14-10-15-26-78/h9-68H,1-8H3. The van der Waals surface area contributed by atoms with Crippen LogP contribution in [0.5, 0.6) is 0 Å². The van der Waals surface area contributed by atoms with Crippen LogP contribution in [-0.2, 0) is 21.7 Å². The molecule has 5 nitrogen and oxygen atoms in total. The second-order valence-electron chi connectivity index (χ2n) is 35.6. The molecule has 16 aromatic carbocycles. The van der Waals surface area contributed by atoms with E-state index in [9.17, 15) is 0 Å². The highest BCUT2D eigenvalue weighted by Gasteiger charge is 2.45. The predicted octanol–water partition coefficient (Wildman–Crippen LogP) is 30.4. The Morgan fingerprint density at radius 3 is 1.02 bits per heavy atom. The summed E-state index contributed by atoms with van der Waals surface area (Å²) in [6.45, 7) is 19.2. The largest absolute Gasteiger partial charge is 0.456 e. The highest BCUT2D eigenvalue weighted by atomic mass is 16.3. The number of rotatable bonds is 12. The van der Waals surface area contributed by atoms with Gasteiger partial charge in [-0.1, -0.05) is 359 Å². The molecular formula is C116H84N4O. The molecule has 19 aromatic rings. The maximum Gasteiger partial charge on any atom is 0.160 e. The van der Waals surface area contributed by atoms with Crippen LogP contribution in [0, 0.1) is 0 Å². The summed E-state index contributed by atoms with van der Waals surface area (Å²) in [5, 5.41) is 2.18. The van der Waals surface area contributed by atoms with Crippen molar-refractivity contribution in [2.24, 2.45) is 0 Å². The van der Waals surface area contributed by atoms with Crippen LogP contribution in [0.15, 0.2) is 368 Å². The van der Waals surface area contributed by atoms with Crippen molar-refractivity contribution in [3.05, 3.63) is 408 Å². The molecule has 0 radical (unpaired) electrons. The fraction of sp³-hybridized carbons (Fsp3) is 0.103. The van der Waals surface area contributed by atoms with E-state index in [2.05, 4.69) is 389 Å². The van der Waals surface area contributed by atoms with Crippen LogP contribution < -0.4 is 0 Å². The van der Waals surface area contributed by atoms with E-state index in [0.717, 1.165) is 123 Å². The van der Waals surface area contributed by atoms with Crippen molar-refractivity contribution >= 4 is 21.9 Å². The van der Waals surface area contributed by atoms with Crippen LogP contribution in [0.4, 0.5) is 0 Å². The number of nitrogens with zero attached hydrogens (tertiary/aromatic N) is 4. The molecule has 3 aromatic heterocycles. The average Bonchev–Trinajstić information content (AvgIpc) is 1.54. The molecule has 4 aliphatic rings. The second-order valence-corrected chi connectivity index (χ2v) is 35.6. The van der Waals surface area contributed by atoms with Gasteiger partial charge in [0, 0.05) is 71.4 Å². The summed E-state index contributed by atoms with van der Waals surface area (Å²) in [6.07, 6.45) is 0. The van der Waals surface area contributed by atoms with Gasteiger partial charge in [0.05, 0.1) is 34.2 Å². The maximum absolute atomic E-state index is 6.48. The number of furan rings is 1. The molecule has 0 unspecified atom stereocenters. The third kappa shape index (κ3) is 11.4. The summed E-state index contributed by atoms with van der Waals surface area (Å²) in [5.41, 5.74) is 46.6. The lowest BCUT2D eigenvalue weighted by Crippen LogP contribution is -2.17. The van der Waals surface area contributed by atoms with E-state index < -0.39 is 0 Å². The van der Waals surface area contributed by atoms with Crippen LogP contribution in [0.2, 0.25) is 0 Å². The molecule has 0 saturated heterocycles. The molecule has 0 amide bonds.